The van der Waals surface area contributed by atoms with E-state index in [2.05, 4.69) is 59.6 Å². The lowest BCUT2D eigenvalue weighted by molar-refractivity contribution is -0.445. The van der Waals surface area contributed by atoms with E-state index in [4.69, 9.17) is 11.6 Å². The van der Waals surface area contributed by atoms with Crippen LogP contribution in [0.15, 0.2) is 66.7 Å². The van der Waals surface area contributed by atoms with Crippen LogP contribution in [-0.2, 0) is 11.2 Å². The summed E-state index contributed by atoms with van der Waals surface area (Å²) in [5.41, 5.74) is 2.49. The molecule has 3 nitrogen and oxygen atoms in total. The van der Waals surface area contributed by atoms with Crippen molar-refractivity contribution in [2.75, 3.05) is 13.1 Å². The molecule has 0 radical (unpaired) electrons. The van der Waals surface area contributed by atoms with Crippen molar-refractivity contribution >= 4 is 34.1 Å². The quantitative estimate of drug-likeness (QED) is 0.685. The second-order valence-electron chi connectivity index (χ2n) is 8.37. The van der Waals surface area contributed by atoms with Crippen molar-refractivity contribution in [1.82, 2.24) is 4.90 Å². The third kappa shape index (κ3) is 3.63. The van der Waals surface area contributed by atoms with Crippen molar-refractivity contribution in [1.29, 1.82) is 0 Å². The average Bonchev–Trinajstić information content (AvgIpc) is 3.44. The Kier molecular flexibility index (Phi) is 5.30. The van der Waals surface area contributed by atoms with E-state index in [0.717, 1.165) is 49.6 Å². The second kappa shape index (κ2) is 8.23. The number of carbonyl (C=O) groups is 1. The molecule has 1 heterocycles. The maximum atomic E-state index is 13.6. The summed E-state index contributed by atoms with van der Waals surface area (Å²) < 4.78 is 0. The van der Waals surface area contributed by atoms with Crippen molar-refractivity contribution in [3.8, 4) is 0 Å². The molecular formula is C26H26ClN2O+. The molecule has 0 unspecified atom stereocenters. The highest BCUT2D eigenvalue weighted by Gasteiger charge is 2.42. The fourth-order valence-electron chi connectivity index (χ4n) is 5.14. The fourth-order valence-corrected chi connectivity index (χ4v) is 5.26. The van der Waals surface area contributed by atoms with Gasteiger partial charge in [0.1, 0.15) is 13.1 Å². The summed E-state index contributed by atoms with van der Waals surface area (Å²) in [6.07, 6.45) is 3.89. The number of halogens is 1. The van der Waals surface area contributed by atoms with E-state index in [1.165, 1.54) is 21.9 Å². The summed E-state index contributed by atoms with van der Waals surface area (Å²) in [5, 5.41) is 3.24. The predicted octanol–water partition coefficient (Wildman–Crippen LogP) is 3.94. The Labute approximate surface area is 182 Å². The predicted molar refractivity (Wildman–Crippen MR) is 122 cm³/mol. The third-order valence-electron chi connectivity index (χ3n) is 6.63. The van der Waals surface area contributed by atoms with Crippen LogP contribution in [0, 0.1) is 5.92 Å². The second-order valence-corrected chi connectivity index (χ2v) is 8.81. The Balaban J connectivity index is 1.37. The zero-order chi connectivity index (χ0) is 20.5. The summed E-state index contributed by atoms with van der Waals surface area (Å²) in [7, 11) is 0. The topological polar surface area (TPSA) is 34.3 Å². The Bertz CT molecular complexity index is 1100. The molecule has 1 amide bonds. The molecule has 0 bridgehead atoms. The number of benzene rings is 3. The Morgan fingerprint density at radius 3 is 2.67 bits per heavy atom. The van der Waals surface area contributed by atoms with Gasteiger partial charge in [-0.25, -0.2) is 4.79 Å². The number of rotatable bonds is 4. The summed E-state index contributed by atoms with van der Waals surface area (Å²) in [4.78, 5) is 19.1. The molecule has 4 heteroatoms. The number of amidine groups is 1. The monoisotopic (exact) mass is 417 g/mol. The molecule has 1 N–H and O–H groups in total. The van der Waals surface area contributed by atoms with Crippen LogP contribution < -0.4 is 4.99 Å². The van der Waals surface area contributed by atoms with Gasteiger partial charge in [0.25, 0.3) is 5.84 Å². The third-order valence-corrected chi connectivity index (χ3v) is 6.88. The summed E-state index contributed by atoms with van der Waals surface area (Å²) in [6.45, 7) is 1.58. The Hall–Kier alpha value is -2.65. The molecule has 1 fully saturated rings. The first kappa shape index (κ1) is 19.3. The molecule has 152 valence electrons. The first-order valence-electron chi connectivity index (χ1n) is 10.8. The van der Waals surface area contributed by atoms with E-state index in [1.54, 1.807) is 0 Å². The van der Waals surface area contributed by atoms with E-state index in [0.29, 0.717) is 0 Å². The smallest absolute Gasteiger partial charge is 0.274 e. The molecule has 30 heavy (non-hydrogen) atoms. The zero-order valence-corrected chi connectivity index (χ0v) is 17.7. The molecule has 5 rings (SSSR count). The molecule has 0 spiro atoms. The number of carbonyl (C=O) groups excluding carboxylic acids is 1. The molecule has 1 aliphatic heterocycles. The van der Waals surface area contributed by atoms with Crippen LogP contribution in [0.25, 0.3) is 10.8 Å². The molecule has 3 aromatic carbocycles. The van der Waals surface area contributed by atoms with E-state index in [9.17, 15) is 4.79 Å². The van der Waals surface area contributed by atoms with Crippen molar-refractivity contribution in [3.63, 3.8) is 0 Å². The van der Waals surface area contributed by atoms with E-state index in [1.807, 2.05) is 17.0 Å². The normalized spacial score (nSPS) is 21.2. The van der Waals surface area contributed by atoms with Gasteiger partial charge in [-0.1, -0.05) is 72.6 Å². The van der Waals surface area contributed by atoms with Crippen LogP contribution in [0.1, 0.15) is 36.3 Å². The minimum absolute atomic E-state index is 0.0496. The van der Waals surface area contributed by atoms with Crippen molar-refractivity contribution in [2.45, 2.75) is 31.6 Å². The fraction of sp³-hybridized carbons (Fsp3) is 0.308. The molecular weight excluding hydrogens is 392 g/mol. The van der Waals surface area contributed by atoms with Crippen LogP contribution in [0.3, 0.4) is 0 Å². The molecule has 3 aromatic rings. The van der Waals surface area contributed by atoms with Crippen LogP contribution in [0.5, 0.6) is 0 Å². The lowest BCUT2D eigenvalue weighted by Gasteiger charge is -2.21. The van der Waals surface area contributed by atoms with Gasteiger partial charge >= 0.3 is 5.91 Å². The van der Waals surface area contributed by atoms with E-state index < -0.39 is 0 Å². The SMILES string of the molecule is O=C([C@@H]1CCC[C@H]1c1ccc(Cl)cc1)N1CC[NH+]=C1Cc1cccc2ccccc12. The Morgan fingerprint density at radius 2 is 1.80 bits per heavy atom. The lowest BCUT2D eigenvalue weighted by atomic mass is 9.88. The van der Waals surface area contributed by atoms with Gasteiger partial charge in [0.05, 0.1) is 12.3 Å². The highest BCUT2D eigenvalue weighted by Crippen LogP contribution is 2.41. The first-order chi connectivity index (χ1) is 14.7. The van der Waals surface area contributed by atoms with E-state index >= 15 is 0 Å². The molecule has 0 aromatic heterocycles. The number of hydrogen-bond donors (Lipinski definition) is 1. The van der Waals surface area contributed by atoms with Gasteiger partial charge in [0, 0.05) is 5.02 Å². The maximum Gasteiger partial charge on any atom is 0.313 e. The average molecular weight is 418 g/mol. The van der Waals surface area contributed by atoms with Crippen LogP contribution in [0.2, 0.25) is 5.02 Å². The number of nitrogens with one attached hydrogen (secondary N) is 1. The molecule has 0 saturated heterocycles. The summed E-state index contributed by atoms with van der Waals surface area (Å²) in [6, 6.07) is 22.9. The van der Waals surface area contributed by atoms with E-state index in [-0.39, 0.29) is 17.7 Å². The van der Waals surface area contributed by atoms with Gasteiger partial charge in [-0.2, -0.15) is 4.90 Å². The van der Waals surface area contributed by atoms with Gasteiger partial charge in [0.2, 0.25) is 0 Å². The standard InChI is InChI=1S/C26H25ClN2O/c27-21-13-11-19(12-14-21)23-9-4-10-24(23)26(30)29-16-15-28-25(29)17-20-7-3-6-18-5-1-2-8-22(18)20/h1-3,5-8,11-14,23-24H,4,9-10,15-17H2/p+1/t23-,24+/m0/s1. The first-order valence-corrected chi connectivity index (χ1v) is 11.2. The number of amides is 1. The van der Waals surface area contributed by atoms with Gasteiger partial charge in [0.15, 0.2) is 0 Å². The minimum Gasteiger partial charge on any atom is -0.274 e. The number of nitrogens with zero attached hydrogens (tertiary/aromatic N) is 1. The highest BCUT2D eigenvalue weighted by atomic mass is 35.5. The van der Waals surface area contributed by atoms with Crippen LogP contribution in [0.4, 0.5) is 0 Å². The highest BCUT2D eigenvalue weighted by molar-refractivity contribution is 6.30. The number of hydrogen-bond acceptors (Lipinski definition) is 1. The van der Waals surface area contributed by atoms with Gasteiger partial charge < -0.3 is 0 Å². The minimum atomic E-state index is 0.0496. The Morgan fingerprint density at radius 1 is 1.00 bits per heavy atom. The van der Waals surface area contributed by atoms with Crippen LogP contribution >= 0.6 is 11.6 Å². The van der Waals surface area contributed by atoms with Gasteiger partial charge in [-0.05, 0) is 52.8 Å². The summed E-state index contributed by atoms with van der Waals surface area (Å²) in [5.74, 6) is 1.65. The maximum absolute atomic E-state index is 13.6. The van der Waals surface area contributed by atoms with Crippen molar-refractivity contribution in [2.24, 2.45) is 5.92 Å². The summed E-state index contributed by atoms with van der Waals surface area (Å²) >= 11 is 6.07. The van der Waals surface area contributed by atoms with Crippen LogP contribution in [-0.4, -0.2) is 29.7 Å². The van der Waals surface area contributed by atoms with Crippen molar-refractivity contribution in [3.05, 3.63) is 82.9 Å². The zero-order valence-electron chi connectivity index (χ0n) is 17.0. The largest absolute Gasteiger partial charge is 0.313 e. The lowest BCUT2D eigenvalue weighted by Crippen LogP contribution is -2.71. The van der Waals surface area contributed by atoms with Gasteiger partial charge in [-0.3, -0.25) is 4.99 Å². The molecule has 1 aliphatic carbocycles. The van der Waals surface area contributed by atoms with Crippen molar-refractivity contribution < 1.29 is 9.79 Å². The molecule has 2 atom stereocenters. The molecule has 1 saturated carbocycles. The number of fused-ring (bicyclic) bond motifs is 1. The molecule has 2 aliphatic rings. The van der Waals surface area contributed by atoms with Gasteiger partial charge in [-0.15, -0.1) is 0 Å².